The van der Waals surface area contributed by atoms with Crippen molar-refractivity contribution in [2.75, 3.05) is 25.1 Å². The molecule has 2 N–H and O–H groups in total. The molecule has 1 aliphatic rings. The average molecular weight is 313 g/mol. The van der Waals surface area contributed by atoms with Crippen LogP contribution in [-0.4, -0.2) is 26.1 Å². The smallest absolute Gasteiger partial charge is 0.230 e. The fourth-order valence-electron chi connectivity index (χ4n) is 3.09. The number of carbonyl (C=O) groups is 1. The van der Waals surface area contributed by atoms with E-state index in [9.17, 15) is 4.79 Å². The van der Waals surface area contributed by atoms with E-state index in [1.807, 2.05) is 36.1 Å². The first-order valence-electron chi connectivity index (χ1n) is 7.36. The second-order valence-electron chi connectivity index (χ2n) is 5.32. The monoisotopic (exact) mass is 312 g/mol. The lowest BCUT2D eigenvalue weighted by atomic mass is 9.94. The second kappa shape index (κ2) is 8.25. The van der Waals surface area contributed by atoms with Gasteiger partial charge in [0.15, 0.2) is 0 Å². The molecule has 2 rings (SSSR count). The third-order valence-corrected chi connectivity index (χ3v) is 4.23. The molecule has 118 valence electrons. The molecule has 1 fully saturated rings. The summed E-state index contributed by atoms with van der Waals surface area (Å²) in [6.07, 6.45) is 3.14. The Morgan fingerprint density at radius 2 is 2.19 bits per heavy atom. The third kappa shape index (κ3) is 3.89. The number of benzene rings is 1. The van der Waals surface area contributed by atoms with E-state index in [2.05, 4.69) is 0 Å². The van der Waals surface area contributed by atoms with E-state index < -0.39 is 0 Å². The molecule has 1 saturated carbocycles. The fourth-order valence-corrected chi connectivity index (χ4v) is 3.09. The number of amides is 1. The van der Waals surface area contributed by atoms with Gasteiger partial charge in [0.05, 0.1) is 7.11 Å². The van der Waals surface area contributed by atoms with Crippen molar-refractivity contribution < 1.29 is 9.53 Å². The highest BCUT2D eigenvalue weighted by Crippen LogP contribution is 2.34. The van der Waals surface area contributed by atoms with Gasteiger partial charge in [-0.2, -0.15) is 0 Å². The molecule has 0 bridgehead atoms. The van der Waals surface area contributed by atoms with Gasteiger partial charge in [-0.05, 0) is 44.4 Å². The number of rotatable bonds is 5. The van der Waals surface area contributed by atoms with Crippen LogP contribution in [0.5, 0.6) is 5.75 Å². The van der Waals surface area contributed by atoms with Crippen LogP contribution in [0.3, 0.4) is 0 Å². The molecule has 1 aromatic carbocycles. The molecule has 0 aromatic heterocycles. The Kier molecular flexibility index (Phi) is 6.99. The van der Waals surface area contributed by atoms with Crippen molar-refractivity contribution in [3.8, 4) is 5.75 Å². The van der Waals surface area contributed by atoms with Crippen molar-refractivity contribution in [3.05, 3.63) is 24.3 Å². The number of ether oxygens (including phenoxy) is 1. The highest BCUT2D eigenvalue weighted by atomic mass is 35.5. The van der Waals surface area contributed by atoms with Crippen LogP contribution in [0, 0.1) is 11.8 Å². The van der Waals surface area contributed by atoms with Crippen molar-refractivity contribution >= 4 is 24.0 Å². The van der Waals surface area contributed by atoms with E-state index in [4.69, 9.17) is 10.5 Å². The lowest BCUT2D eigenvalue weighted by Crippen LogP contribution is -2.39. The van der Waals surface area contributed by atoms with Gasteiger partial charge in [0.2, 0.25) is 5.91 Å². The third-order valence-electron chi connectivity index (χ3n) is 4.23. The van der Waals surface area contributed by atoms with Crippen molar-refractivity contribution in [2.45, 2.75) is 26.2 Å². The minimum atomic E-state index is 0. The minimum absolute atomic E-state index is 0. The van der Waals surface area contributed by atoms with Gasteiger partial charge in [0.25, 0.3) is 0 Å². The zero-order chi connectivity index (χ0) is 14.5. The lowest BCUT2D eigenvalue weighted by molar-refractivity contribution is -0.123. The fraction of sp³-hybridized carbons (Fsp3) is 0.562. The standard InChI is InChI=1S/C16H24N2O2.ClH/c1-3-18(13-7-5-8-14(10-13)20-2)16(19)15-9-4-6-12(15)11-17;/h5,7-8,10,12,15H,3-4,6,9,11,17H2,1-2H3;1H/t12-,15-;/m1./s1. The first-order chi connectivity index (χ1) is 9.71. The van der Waals surface area contributed by atoms with Crippen LogP contribution in [0.2, 0.25) is 0 Å². The normalized spacial score (nSPS) is 20.7. The molecule has 0 saturated heterocycles. The summed E-state index contributed by atoms with van der Waals surface area (Å²) in [5, 5.41) is 0. The predicted molar refractivity (Wildman–Crippen MR) is 88.2 cm³/mol. The summed E-state index contributed by atoms with van der Waals surface area (Å²) >= 11 is 0. The maximum Gasteiger partial charge on any atom is 0.230 e. The van der Waals surface area contributed by atoms with Crippen LogP contribution in [0.4, 0.5) is 5.69 Å². The predicted octanol–water partition coefficient (Wildman–Crippen LogP) is 2.84. The van der Waals surface area contributed by atoms with Gasteiger partial charge in [-0.3, -0.25) is 4.79 Å². The number of carbonyl (C=O) groups excluding carboxylic acids is 1. The summed E-state index contributed by atoms with van der Waals surface area (Å²) in [5.74, 6) is 1.39. The lowest BCUT2D eigenvalue weighted by Gasteiger charge is -2.27. The van der Waals surface area contributed by atoms with Crippen LogP contribution >= 0.6 is 12.4 Å². The van der Waals surface area contributed by atoms with E-state index in [0.717, 1.165) is 30.7 Å². The van der Waals surface area contributed by atoms with Crippen molar-refractivity contribution in [1.29, 1.82) is 0 Å². The van der Waals surface area contributed by atoms with Crippen molar-refractivity contribution in [3.63, 3.8) is 0 Å². The molecule has 1 aliphatic carbocycles. The van der Waals surface area contributed by atoms with Crippen LogP contribution in [0.15, 0.2) is 24.3 Å². The number of halogens is 1. The highest BCUT2D eigenvalue weighted by Gasteiger charge is 2.34. The average Bonchev–Trinajstić information content (AvgIpc) is 2.96. The molecule has 0 aliphatic heterocycles. The molecule has 0 spiro atoms. The van der Waals surface area contributed by atoms with Crippen LogP contribution in [0.1, 0.15) is 26.2 Å². The number of anilines is 1. The van der Waals surface area contributed by atoms with Gasteiger partial charge in [-0.1, -0.05) is 12.5 Å². The SMILES string of the molecule is CCN(C(=O)[C@@H]1CCC[C@@H]1CN)c1cccc(OC)c1.Cl. The molecular formula is C16H25ClN2O2. The van der Waals surface area contributed by atoms with E-state index in [0.29, 0.717) is 19.0 Å². The maximum atomic E-state index is 12.8. The van der Waals surface area contributed by atoms with Crippen LogP contribution < -0.4 is 15.4 Å². The van der Waals surface area contributed by atoms with Gasteiger partial charge in [0.1, 0.15) is 5.75 Å². The number of hydrogen-bond donors (Lipinski definition) is 1. The summed E-state index contributed by atoms with van der Waals surface area (Å²) in [6.45, 7) is 3.27. The van der Waals surface area contributed by atoms with Crippen LogP contribution in [-0.2, 0) is 4.79 Å². The Bertz CT molecular complexity index is 467. The molecule has 0 radical (unpaired) electrons. The first-order valence-corrected chi connectivity index (χ1v) is 7.36. The Hall–Kier alpha value is -1.26. The molecule has 21 heavy (non-hydrogen) atoms. The molecule has 0 heterocycles. The molecule has 4 nitrogen and oxygen atoms in total. The van der Waals surface area contributed by atoms with Crippen molar-refractivity contribution in [2.24, 2.45) is 17.6 Å². The highest BCUT2D eigenvalue weighted by molar-refractivity contribution is 5.95. The summed E-state index contributed by atoms with van der Waals surface area (Å²) in [5.41, 5.74) is 6.70. The van der Waals surface area contributed by atoms with E-state index in [1.54, 1.807) is 7.11 Å². The molecule has 0 unspecified atom stereocenters. The summed E-state index contributed by atoms with van der Waals surface area (Å²) in [6, 6.07) is 7.67. The van der Waals surface area contributed by atoms with E-state index in [-0.39, 0.29) is 24.2 Å². The minimum Gasteiger partial charge on any atom is -0.497 e. The molecule has 5 heteroatoms. The van der Waals surface area contributed by atoms with Crippen molar-refractivity contribution in [1.82, 2.24) is 0 Å². The molecule has 2 atom stereocenters. The maximum absolute atomic E-state index is 12.8. The Labute approximate surface area is 133 Å². The Morgan fingerprint density at radius 1 is 1.43 bits per heavy atom. The summed E-state index contributed by atoms with van der Waals surface area (Å²) in [7, 11) is 1.64. The summed E-state index contributed by atoms with van der Waals surface area (Å²) < 4.78 is 5.24. The first kappa shape index (κ1) is 17.8. The van der Waals surface area contributed by atoms with Gasteiger partial charge in [-0.25, -0.2) is 0 Å². The van der Waals surface area contributed by atoms with E-state index >= 15 is 0 Å². The largest absolute Gasteiger partial charge is 0.497 e. The number of nitrogens with zero attached hydrogens (tertiary/aromatic N) is 1. The second-order valence-corrected chi connectivity index (χ2v) is 5.32. The molecule has 1 amide bonds. The zero-order valence-electron chi connectivity index (χ0n) is 12.7. The van der Waals surface area contributed by atoms with Gasteiger partial charge < -0.3 is 15.4 Å². The topological polar surface area (TPSA) is 55.6 Å². The number of nitrogens with two attached hydrogens (primary N) is 1. The number of hydrogen-bond acceptors (Lipinski definition) is 3. The number of methoxy groups -OCH3 is 1. The van der Waals surface area contributed by atoms with E-state index in [1.165, 1.54) is 0 Å². The van der Waals surface area contributed by atoms with Gasteiger partial charge in [-0.15, -0.1) is 12.4 Å². The zero-order valence-corrected chi connectivity index (χ0v) is 13.6. The Balaban J connectivity index is 0.00000220. The molecule has 1 aromatic rings. The van der Waals surface area contributed by atoms with Gasteiger partial charge >= 0.3 is 0 Å². The van der Waals surface area contributed by atoms with Crippen LogP contribution in [0.25, 0.3) is 0 Å². The summed E-state index contributed by atoms with van der Waals surface area (Å²) in [4.78, 5) is 14.6. The van der Waals surface area contributed by atoms with Gasteiger partial charge in [0, 0.05) is 24.2 Å². The quantitative estimate of drug-likeness (QED) is 0.909. The molecular weight excluding hydrogens is 288 g/mol. The Morgan fingerprint density at radius 3 is 2.81 bits per heavy atom.